The average Bonchev–Trinajstić information content (AvgIpc) is 2.32. The summed E-state index contributed by atoms with van der Waals surface area (Å²) in [5.74, 6) is -1.85. The van der Waals surface area contributed by atoms with Crippen LogP contribution in [0.4, 0.5) is 0 Å². The molecule has 5 nitrogen and oxygen atoms in total. The smallest absolute Gasteiger partial charge is 0.353 e. The monoisotopic (exact) mass is 218 g/mol. The van der Waals surface area contributed by atoms with Crippen LogP contribution in [0, 0.1) is 0 Å². The van der Waals surface area contributed by atoms with Gasteiger partial charge in [-0.25, -0.2) is 14.8 Å². The number of nitrogens with one attached hydrogen (secondary N) is 1. The summed E-state index contributed by atoms with van der Waals surface area (Å²) >= 11 is 0. The van der Waals surface area contributed by atoms with E-state index in [2.05, 4.69) is 9.97 Å². The molecule has 0 unspecified atom stereocenters. The van der Waals surface area contributed by atoms with Gasteiger partial charge in [0.1, 0.15) is 5.69 Å². The lowest BCUT2D eigenvalue weighted by molar-refractivity contribution is -0.377. The van der Waals surface area contributed by atoms with Crippen LogP contribution in [-0.2, 0) is 0 Å². The van der Waals surface area contributed by atoms with Crippen molar-refractivity contribution in [3.63, 3.8) is 0 Å². The Morgan fingerprint density at radius 1 is 1.25 bits per heavy atom. The molecule has 0 spiro atoms. The second-order valence-corrected chi connectivity index (χ2v) is 2.73. The third kappa shape index (κ3) is 3.75. The van der Waals surface area contributed by atoms with Crippen molar-refractivity contribution < 1.29 is 20.0 Å². The molecular weight excluding hydrogens is 208 g/mol. The first-order chi connectivity index (χ1) is 7.72. The van der Waals surface area contributed by atoms with Gasteiger partial charge in [0.05, 0.1) is 0 Å². The van der Waals surface area contributed by atoms with Crippen LogP contribution in [0.25, 0.3) is 0 Å². The van der Waals surface area contributed by atoms with E-state index in [0.717, 1.165) is 6.07 Å². The van der Waals surface area contributed by atoms with Gasteiger partial charge in [-0.2, -0.15) is 0 Å². The maximum atomic E-state index is 10.6. The molecule has 2 N–H and O–H groups in total. The fourth-order valence-electron chi connectivity index (χ4n) is 0.893. The van der Waals surface area contributed by atoms with Gasteiger partial charge in [-0.15, -0.1) is 0 Å². The predicted octanol–water partition coefficient (Wildman–Crippen LogP) is 0.354. The van der Waals surface area contributed by atoms with Crippen molar-refractivity contribution in [3.8, 4) is 5.75 Å². The lowest BCUT2D eigenvalue weighted by Crippen LogP contribution is -2.05. The molecule has 0 amide bonds. The van der Waals surface area contributed by atoms with Gasteiger partial charge in [0.25, 0.3) is 0 Å². The number of hydrogen-bond acceptors (Lipinski definition) is 3. The summed E-state index contributed by atoms with van der Waals surface area (Å²) in [6.45, 7) is 0. The number of carbonyl (C=O) groups is 1. The molecule has 2 aromatic heterocycles. The number of aromatic amines is 1. The zero-order valence-corrected chi connectivity index (χ0v) is 8.33. The highest BCUT2D eigenvalue weighted by atomic mass is 16.4. The lowest BCUT2D eigenvalue weighted by Gasteiger charge is -2.05. The first-order valence-corrected chi connectivity index (χ1v) is 4.48. The summed E-state index contributed by atoms with van der Waals surface area (Å²) in [5.41, 5.74) is -0.428. The molecule has 0 bridgehead atoms. The zero-order valence-electron chi connectivity index (χ0n) is 8.33. The number of hydrogen-bond donors (Lipinski definition) is 1. The Morgan fingerprint density at radius 3 is 2.25 bits per heavy atom. The molecule has 2 heterocycles. The number of aromatic nitrogens is 2. The van der Waals surface area contributed by atoms with E-state index in [1.807, 2.05) is 30.6 Å². The number of rotatable bonds is 1. The standard InChI is InChI=1S/C6H5NO3.C5H5N/c8-4-2-1-3-7-5(4)6(9)10;1-2-4-6-5-3-1/h1-3,8H,(H,9,10);1-5H. The van der Waals surface area contributed by atoms with Crippen molar-refractivity contribution in [1.29, 1.82) is 0 Å². The molecule has 0 aliphatic heterocycles. The van der Waals surface area contributed by atoms with E-state index in [1.54, 1.807) is 0 Å². The van der Waals surface area contributed by atoms with E-state index >= 15 is 0 Å². The number of nitrogens with zero attached hydrogens (tertiary/aromatic N) is 1. The summed E-state index contributed by atoms with van der Waals surface area (Å²) in [7, 11) is 0. The molecule has 5 heteroatoms. The van der Waals surface area contributed by atoms with Crippen molar-refractivity contribution in [2.75, 3.05) is 0 Å². The maximum absolute atomic E-state index is 10.6. The van der Waals surface area contributed by atoms with Crippen LogP contribution in [0.5, 0.6) is 5.75 Å². The number of pyridine rings is 2. The van der Waals surface area contributed by atoms with Crippen molar-refractivity contribution in [2.45, 2.75) is 0 Å². The predicted molar refractivity (Wildman–Crippen MR) is 53.6 cm³/mol. The topological polar surface area (TPSA) is 87.4 Å². The Balaban J connectivity index is 0.000000181. The second-order valence-electron chi connectivity index (χ2n) is 2.73. The Labute approximate surface area is 92.0 Å². The molecular formula is C11H10N2O3. The first-order valence-electron chi connectivity index (χ1n) is 4.48. The summed E-state index contributed by atoms with van der Waals surface area (Å²) < 4.78 is 0. The highest BCUT2D eigenvalue weighted by Crippen LogP contribution is 2.07. The van der Waals surface area contributed by atoms with E-state index in [9.17, 15) is 9.90 Å². The van der Waals surface area contributed by atoms with Gasteiger partial charge in [0.2, 0.25) is 0 Å². The normalized spacial score (nSPS) is 8.75. The van der Waals surface area contributed by atoms with Crippen LogP contribution in [-0.4, -0.2) is 16.1 Å². The van der Waals surface area contributed by atoms with E-state index in [-0.39, 0.29) is 0 Å². The summed E-state index contributed by atoms with van der Waals surface area (Å²) in [5, 5.41) is 18.9. The fraction of sp³-hybridized carbons (Fsp3) is 0. The van der Waals surface area contributed by atoms with Gasteiger partial charge in [-0.05, 0) is 6.07 Å². The lowest BCUT2D eigenvalue weighted by atomic mass is 10.3. The summed E-state index contributed by atoms with van der Waals surface area (Å²) in [4.78, 5) is 16.4. The van der Waals surface area contributed by atoms with Crippen molar-refractivity contribution in [1.82, 2.24) is 4.98 Å². The van der Waals surface area contributed by atoms with Crippen LogP contribution in [0.2, 0.25) is 0 Å². The highest BCUT2D eigenvalue weighted by molar-refractivity contribution is 5.87. The van der Waals surface area contributed by atoms with E-state index in [1.165, 1.54) is 12.3 Å². The molecule has 0 aliphatic carbocycles. The summed E-state index contributed by atoms with van der Waals surface area (Å²) in [6.07, 6.45) is 5.02. The minimum Gasteiger partial charge on any atom is -0.871 e. The Bertz CT molecular complexity index is 419. The SMILES string of the molecule is O=C(O)c1ncccc1[O-].c1cc[nH+]cc1. The van der Waals surface area contributed by atoms with Gasteiger partial charge in [0.15, 0.2) is 12.4 Å². The Morgan fingerprint density at radius 2 is 1.94 bits per heavy atom. The third-order valence-electron chi connectivity index (χ3n) is 1.58. The van der Waals surface area contributed by atoms with E-state index in [4.69, 9.17) is 5.11 Å². The molecule has 2 aromatic rings. The second kappa shape index (κ2) is 6.13. The fourth-order valence-corrected chi connectivity index (χ4v) is 0.893. The molecule has 0 aromatic carbocycles. The minimum absolute atomic E-state index is 0.428. The molecule has 0 fully saturated rings. The van der Waals surface area contributed by atoms with Crippen LogP contribution >= 0.6 is 0 Å². The molecule has 0 saturated carbocycles. The maximum Gasteiger partial charge on any atom is 0.353 e. The van der Waals surface area contributed by atoms with Crippen molar-refractivity contribution in [2.24, 2.45) is 0 Å². The van der Waals surface area contributed by atoms with Gasteiger partial charge >= 0.3 is 5.97 Å². The molecule has 0 radical (unpaired) electrons. The molecule has 16 heavy (non-hydrogen) atoms. The third-order valence-corrected chi connectivity index (χ3v) is 1.58. The molecule has 82 valence electrons. The molecule has 0 atom stereocenters. The number of carboxylic acids is 1. The molecule has 0 saturated heterocycles. The van der Waals surface area contributed by atoms with Crippen LogP contribution in [0.1, 0.15) is 10.5 Å². The van der Waals surface area contributed by atoms with Crippen LogP contribution in [0.3, 0.4) is 0 Å². The first kappa shape index (κ1) is 11.6. The largest absolute Gasteiger partial charge is 0.871 e. The van der Waals surface area contributed by atoms with Gasteiger partial charge < -0.3 is 10.2 Å². The number of aromatic carboxylic acids is 1. The van der Waals surface area contributed by atoms with Crippen molar-refractivity contribution in [3.05, 3.63) is 54.6 Å². The van der Waals surface area contributed by atoms with Crippen molar-refractivity contribution >= 4 is 5.97 Å². The highest BCUT2D eigenvalue weighted by Gasteiger charge is 2.01. The van der Waals surface area contributed by atoms with Gasteiger partial charge in [-0.3, -0.25) is 0 Å². The molecule has 0 aliphatic rings. The zero-order chi connectivity index (χ0) is 11.8. The Hall–Kier alpha value is -2.43. The van der Waals surface area contributed by atoms with Crippen LogP contribution in [0.15, 0.2) is 48.9 Å². The minimum atomic E-state index is -1.29. The van der Waals surface area contributed by atoms with Gasteiger partial charge in [-0.1, -0.05) is 17.9 Å². The number of H-pyrrole nitrogens is 1. The number of carboxylic acid groups (broad SMARTS) is 1. The molecule has 2 rings (SSSR count). The Kier molecular flexibility index (Phi) is 4.46. The van der Waals surface area contributed by atoms with Gasteiger partial charge in [0, 0.05) is 18.3 Å². The van der Waals surface area contributed by atoms with Crippen LogP contribution < -0.4 is 10.1 Å². The average molecular weight is 218 g/mol. The quantitative estimate of drug-likeness (QED) is 0.748. The van der Waals surface area contributed by atoms with E-state index < -0.39 is 17.4 Å². The van der Waals surface area contributed by atoms with E-state index in [0.29, 0.717) is 0 Å². The summed E-state index contributed by atoms with van der Waals surface area (Å²) in [6, 6.07) is 8.42.